The van der Waals surface area contributed by atoms with Crippen LogP contribution in [0.25, 0.3) is 87.2 Å². The molecule has 6 nitrogen and oxygen atoms in total. The molecule has 4 heterocycles. The lowest BCUT2D eigenvalue weighted by Crippen LogP contribution is -2.10. The summed E-state index contributed by atoms with van der Waals surface area (Å²) < 4.78 is 12.6. The Labute approximate surface area is 355 Å². The Bertz CT molecular complexity index is 3670. The van der Waals surface area contributed by atoms with Gasteiger partial charge in [0.15, 0.2) is 0 Å². The SMILES string of the molecule is c1ccc2cc(N(c3ccc4c(ccc5cc(N(c6ccc7ccccc7c6)c6ccc7c(c6)oc6ncccc67)ccc54)c3)c3ccc4c(c3)oc3ncccc34)ccc2c1. The molecule has 13 aromatic rings. The van der Waals surface area contributed by atoms with E-state index in [0.717, 1.165) is 77.6 Å². The maximum absolute atomic E-state index is 6.29. The smallest absolute Gasteiger partial charge is 0.227 e. The molecule has 0 fully saturated rings. The molecule has 62 heavy (non-hydrogen) atoms. The minimum atomic E-state index is 0.642. The molecule has 0 N–H and O–H groups in total. The van der Waals surface area contributed by atoms with E-state index in [1.807, 2.05) is 12.1 Å². The second-order valence-electron chi connectivity index (χ2n) is 15.9. The first-order valence-electron chi connectivity index (χ1n) is 20.8. The number of hydrogen-bond acceptors (Lipinski definition) is 6. The zero-order valence-electron chi connectivity index (χ0n) is 33.2. The summed E-state index contributed by atoms with van der Waals surface area (Å²) in [6.07, 6.45) is 3.54. The minimum Gasteiger partial charge on any atom is -0.438 e. The highest BCUT2D eigenvalue weighted by Gasteiger charge is 2.20. The fourth-order valence-electron chi connectivity index (χ4n) is 9.33. The van der Waals surface area contributed by atoms with E-state index in [0.29, 0.717) is 11.4 Å². The van der Waals surface area contributed by atoms with Crippen LogP contribution in [0.15, 0.2) is 215 Å². The Morgan fingerprint density at radius 1 is 0.274 bits per heavy atom. The molecule has 0 aliphatic rings. The first kappa shape index (κ1) is 34.4. The lowest BCUT2D eigenvalue weighted by molar-refractivity contribution is 0.653. The maximum atomic E-state index is 6.29. The molecule has 0 bridgehead atoms. The third kappa shape index (κ3) is 5.51. The van der Waals surface area contributed by atoms with Gasteiger partial charge in [0.1, 0.15) is 11.2 Å². The molecule has 0 atom stereocenters. The zero-order valence-corrected chi connectivity index (χ0v) is 33.2. The zero-order chi connectivity index (χ0) is 40.7. The molecule has 0 aliphatic heterocycles. The van der Waals surface area contributed by atoms with Gasteiger partial charge in [-0.3, -0.25) is 0 Å². The monoisotopic (exact) mass is 794 g/mol. The van der Waals surface area contributed by atoms with Gasteiger partial charge in [0.2, 0.25) is 11.4 Å². The van der Waals surface area contributed by atoms with Gasteiger partial charge in [-0.25, -0.2) is 9.97 Å². The highest BCUT2D eigenvalue weighted by Crippen LogP contribution is 2.43. The second-order valence-corrected chi connectivity index (χ2v) is 15.9. The summed E-state index contributed by atoms with van der Waals surface area (Å²) in [5.41, 5.74) is 9.12. The number of pyridine rings is 2. The summed E-state index contributed by atoms with van der Waals surface area (Å²) >= 11 is 0. The van der Waals surface area contributed by atoms with Gasteiger partial charge in [-0.05, 0) is 140 Å². The number of rotatable bonds is 6. The number of nitrogens with zero attached hydrogens (tertiary/aromatic N) is 4. The van der Waals surface area contributed by atoms with Gasteiger partial charge in [-0.15, -0.1) is 0 Å². The first-order valence-corrected chi connectivity index (χ1v) is 20.8. The Balaban J connectivity index is 0.942. The van der Waals surface area contributed by atoms with Crippen LogP contribution < -0.4 is 9.80 Å². The van der Waals surface area contributed by atoms with Crippen LogP contribution >= 0.6 is 0 Å². The predicted octanol–water partition coefficient (Wildman–Crippen LogP) is 15.8. The molecule has 0 unspecified atom stereocenters. The number of furan rings is 2. The standard InChI is InChI=1S/C56H34N4O2/c1-3-9-37-29-41(17-15-35(37)7-1)59(45-21-25-49-51-11-5-27-57-55(51)61-53(49)33-45)43-19-23-47-39(31-43)13-14-40-32-44(20-24-48(40)47)60(42-18-16-36-8-2-4-10-38(36)30-42)46-22-26-50-52-12-6-28-58-56(52)62-54(50)34-46/h1-34H. The van der Waals surface area contributed by atoms with E-state index < -0.39 is 0 Å². The normalized spacial score (nSPS) is 11.9. The van der Waals surface area contributed by atoms with Crippen LogP contribution in [0.3, 0.4) is 0 Å². The van der Waals surface area contributed by atoms with Crippen LogP contribution in [0, 0.1) is 0 Å². The van der Waals surface area contributed by atoms with E-state index in [4.69, 9.17) is 8.83 Å². The van der Waals surface area contributed by atoms with Crippen molar-refractivity contribution in [1.29, 1.82) is 0 Å². The van der Waals surface area contributed by atoms with Crippen LogP contribution in [0.1, 0.15) is 0 Å². The van der Waals surface area contributed by atoms with Crippen molar-refractivity contribution in [1.82, 2.24) is 9.97 Å². The topological polar surface area (TPSA) is 58.5 Å². The molecule has 0 radical (unpaired) electrons. The van der Waals surface area contributed by atoms with E-state index in [9.17, 15) is 0 Å². The maximum Gasteiger partial charge on any atom is 0.227 e. The molecule has 0 amide bonds. The van der Waals surface area contributed by atoms with Crippen LogP contribution in [-0.4, -0.2) is 9.97 Å². The molecule has 0 saturated carbocycles. The van der Waals surface area contributed by atoms with Crippen molar-refractivity contribution in [2.45, 2.75) is 0 Å². The molecule has 0 spiro atoms. The molecule has 0 saturated heterocycles. The van der Waals surface area contributed by atoms with E-state index in [-0.39, 0.29) is 0 Å². The molecule has 0 aliphatic carbocycles. The van der Waals surface area contributed by atoms with Crippen molar-refractivity contribution in [2.75, 3.05) is 9.80 Å². The van der Waals surface area contributed by atoms with Crippen LogP contribution in [0.4, 0.5) is 34.1 Å². The third-order valence-corrected chi connectivity index (χ3v) is 12.3. The summed E-state index contributed by atoms with van der Waals surface area (Å²) in [5.74, 6) is 0. The summed E-state index contributed by atoms with van der Waals surface area (Å²) in [7, 11) is 0. The molecule has 290 valence electrons. The summed E-state index contributed by atoms with van der Waals surface area (Å²) in [5, 5.41) is 13.5. The van der Waals surface area contributed by atoms with Gasteiger partial charge < -0.3 is 18.6 Å². The van der Waals surface area contributed by atoms with Crippen molar-refractivity contribution in [3.05, 3.63) is 207 Å². The Kier molecular flexibility index (Phi) is 7.50. The largest absolute Gasteiger partial charge is 0.438 e. The minimum absolute atomic E-state index is 0.642. The fourth-order valence-corrected chi connectivity index (χ4v) is 9.33. The van der Waals surface area contributed by atoms with Crippen molar-refractivity contribution in [2.24, 2.45) is 0 Å². The molecule has 13 rings (SSSR count). The van der Waals surface area contributed by atoms with Gasteiger partial charge in [0.25, 0.3) is 0 Å². The van der Waals surface area contributed by atoms with Crippen LogP contribution in [-0.2, 0) is 0 Å². The lowest BCUT2D eigenvalue weighted by atomic mass is 9.99. The highest BCUT2D eigenvalue weighted by atomic mass is 16.3. The van der Waals surface area contributed by atoms with Crippen molar-refractivity contribution in [3.8, 4) is 0 Å². The molecular weight excluding hydrogens is 761 g/mol. The third-order valence-electron chi connectivity index (χ3n) is 12.3. The number of hydrogen-bond donors (Lipinski definition) is 0. The van der Waals surface area contributed by atoms with E-state index >= 15 is 0 Å². The number of aromatic nitrogens is 2. The molecule has 9 aromatic carbocycles. The Morgan fingerprint density at radius 2 is 0.629 bits per heavy atom. The van der Waals surface area contributed by atoms with Gasteiger partial charge in [-0.2, -0.15) is 0 Å². The van der Waals surface area contributed by atoms with Crippen LogP contribution in [0.5, 0.6) is 0 Å². The van der Waals surface area contributed by atoms with E-state index in [1.54, 1.807) is 12.4 Å². The summed E-state index contributed by atoms with van der Waals surface area (Å²) in [6, 6.07) is 69.3. The van der Waals surface area contributed by atoms with Gasteiger partial charge in [-0.1, -0.05) is 84.9 Å². The quantitative estimate of drug-likeness (QED) is 0.156. The van der Waals surface area contributed by atoms with Crippen LogP contribution in [0.2, 0.25) is 0 Å². The van der Waals surface area contributed by atoms with E-state index in [2.05, 4.69) is 202 Å². The van der Waals surface area contributed by atoms with Gasteiger partial charge >= 0.3 is 0 Å². The number of fused-ring (bicyclic) bond motifs is 11. The molecular formula is C56H34N4O2. The van der Waals surface area contributed by atoms with E-state index in [1.165, 1.54) is 32.3 Å². The number of benzene rings is 9. The van der Waals surface area contributed by atoms with Crippen molar-refractivity contribution >= 4 is 121 Å². The predicted molar refractivity (Wildman–Crippen MR) is 256 cm³/mol. The number of anilines is 6. The molecule has 4 aromatic heterocycles. The summed E-state index contributed by atoms with van der Waals surface area (Å²) in [4.78, 5) is 13.6. The van der Waals surface area contributed by atoms with Crippen molar-refractivity contribution < 1.29 is 8.83 Å². The second kappa shape index (κ2) is 13.5. The molecule has 6 heteroatoms. The first-order chi connectivity index (χ1) is 30.7. The van der Waals surface area contributed by atoms with Gasteiger partial charge in [0, 0.05) is 80.2 Å². The highest BCUT2D eigenvalue weighted by molar-refractivity contribution is 6.11. The van der Waals surface area contributed by atoms with Crippen molar-refractivity contribution in [3.63, 3.8) is 0 Å². The average molecular weight is 795 g/mol. The summed E-state index contributed by atoms with van der Waals surface area (Å²) in [6.45, 7) is 0. The lowest BCUT2D eigenvalue weighted by Gasteiger charge is -2.27. The Morgan fingerprint density at radius 3 is 1.08 bits per heavy atom. The van der Waals surface area contributed by atoms with Gasteiger partial charge in [0.05, 0.1) is 0 Å². The Hall–Kier alpha value is -8.48. The average Bonchev–Trinajstić information content (AvgIpc) is 3.89. The fraction of sp³-hybridized carbons (Fsp3) is 0.